The average molecular weight is 426 g/mol. The summed E-state index contributed by atoms with van der Waals surface area (Å²) >= 11 is 0. The SMILES string of the molecule is O=C(c1ccc(OCC2CCN(C(=O)c3ccc(F)cc3)CC2)cc1)N1CCOCC1. The van der Waals surface area contributed by atoms with E-state index in [9.17, 15) is 14.0 Å². The van der Waals surface area contributed by atoms with E-state index in [2.05, 4.69) is 0 Å². The Morgan fingerprint density at radius 2 is 1.35 bits per heavy atom. The van der Waals surface area contributed by atoms with Gasteiger partial charge in [0.15, 0.2) is 0 Å². The van der Waals surface area contributed by atoms with E-state index in [0.717, 1.165) is 18.6 Å². The number of carbonyl (C=O) groups excluding carboxylic acids is 2. The first kappa shape index (κ1) is 21.3. The Morgan fingerprint density at radius 3 is 1.94 bits per heavy atom. The lowest BCUT2D eigenvalue weighted by atomic mass is 9.97. The second kappa shape index (κ2) is 9.92. The molecule has 0 spiro atoms. The molecule has 0 radical (unpaired) electrons. The molecule has 0 saturated carbocycles. The van der Waals surface area contributed by atoms with Crippen LogP contribution in [0.5, 0.6) is 5.75 Å². The van der Waals surface area contributed by atoms with Crippen molar-refractivity contribution in [1.29, 1.82) is 0 Å². The molecule has 4 rings (SSSR count). The van der Waals surface area contributed by atoms with Crippen LogP contribution in [0.4, 0.5) is 4.39 Å². The number of likely N-dealkylation sites (tertiary alicyclic amines) is 1. The predicted octanol–water partition coefficient (Wildman–Crippen LogP) is 3.23. The molecule has 6 nitrogen and oxygen atoms in total. The highest BCUT2D eigenvalue weighted by Crippen LogP contribution is 2.22. The first-order chi connectivity index (χ1) is 15.1. The summed E-state index contributed by atoms with van der Waals surface area (Å²) in [5, 5.41) is 0. The quantitative estimate of drug-likeness (QED) is 0.737. The van der Waals surface area contributed by atoms with Crippen LogP contribution in [-0.2, 0) is 4.74 Å². The van der Waals surface area contributed by atoms with Crippen LogP contribution in [0.15, 0.2) is 48.5 Å². The number of morpholine rings is 1. The highest BCUT2D eigenvalue weighted by Gasteiger charge is 2.24. The topological polar surface area (TPSA) is 59.1 Å². The Morgan fingerprint density at radius 1 is 0.839 bits per heavy atom. The van der Waals surface area contributed by atoms with Gasteiger partial charge in [-0.1, -0.05) is 0 Å². The van der Waals surface area contributed by atoms with Gasteiger partial charge in [-0.3, -0.25) is 9.59 Å². The van der Waals surface area contributed by atoms with Crippen molar-refractivity contribution in [2.75, 3.05) is 46.0 Å². The first-order valence-corrected chi connectivity index (χ1v) is 10.7. The summed E-state index contributed by atoms with van der Waals surface area (Å²) in [6, 6.07) is 13.0. The van der Waals surface area contributed by atoms with Crippen LogP contribution in [0, 0.1) is 11.7 Å². The fourth-order valence-corrected chi connectivity index (χ4v) is 3.93. The molecule has 0 bridgehead atoms. The molecule has 2 heterocycles. The second-order valence-corrected chi connectivity index (χ2v) is 7.98. The van der Waals surface area contributed by atoms with Crippen LogP contribution in [0.1, 0.15) is 33.6 Å². The minimum absolute atomic E-state index is 0.0213. The normalized spacial score (nSPS) is 17.5. The van der Waals surface area contributed by atoms with Crippen LogP contribution in [0.25, 0.3) is 0 Å². The maximum absolute atomic E-state index is 13.1. The summed E-state index contributed by atoms with van der Waals surface area (Å²) in [7, 11) is 0. The summed E-state index contributed by atoms with van der Waals surface area (Å²) in [5.41, 5.74) is 1.17. The van der Waals surface area contributed by atoms with Crippen molar-refractivity contribution >= 4 is 11.8 Å². The molecule has 0 aliphatic carbocycles. The third-order valence-electron chi connectivity index (χ3n) is 5.88. The van der Waals surface area contributed by atoms with Crippen LogP contribution >= 0.6 is 0 Å². The standard InChI is InChI=1S/C24H27FN2O4/c25-21-5-1-19(2-6-21)23(28)26-11-9-18(10-12-26)17-31-22-7-3-20(4-8-22)24(29)27-13-15-30-16-14-27/h1-8,18H,9-17H2. The maximum atomic E-state index is 13.1. The van der Waals surface area contributed by atoms with Crippen molar-refractivity contribution in [2.45, 2.75) is 12.8 Å². The minimum Gasteiger partial charge on any atom is -0.493 e. The number of carbonyl (C=O) groups is 2. The lowest BCUT2D eigenvalue weighted by Crippen LogP contribution is -2.40. The largest absolute Gasteiger partial charge is 0.493 e. The smallest absolute Gasteiger partial charge is 0.254 e. The van der Waals surface area contributed by atoms with Crippen molar-refractivity contribution in [3.63, 3.8) is 0 Å². The Labute approximate surface area is 181 Å². The summed E-state index contributed by atoms with van der Waals surface area (Å²) in [6.45, 7) is 4.32. The highest BCUT2D eigenvalue weighted by molar-refractivity contribution is 5.94. The van der Waals surface area contributed by atoms with Gasteiger partial charge in [-0.2, -0.15) is 0 Å². The molecule has 2 aliphatic rings. The first-order valence-electron chi connectivity index (χ1n) is 10.7. The molecular weight excluding hydrogens is 399 g/mol. The Hall–Kier alpha value is -2.93. The van der Waals surface area contributed by atoms with Crippen molar-refractivity contribution in [3.05, 3.63) is 65.5 Å². The zero-order valence-corrected chi connectivity index (χ0v) is 17.5. The molecule has 2 amide bonds. The van der Waals surface area contributed by atoms with E-state index in [-0.39, 0.29) is 17.6 Å². The number of ether oxygens (including phenoxy) is 2. The number of amides is 2. The number of hydrogen-bond acceptors (Lipinski definition) is 4. The molecule has 0 atom stereocenters. The molecule has 0 unspecified atom stereocenters. The third-order valence-corrected chi connectivity index (χ3v) is 5.88. The molecule has 31 heavy (non-hydrogen) atoms. The molecular formula is C24H27FN2O4. The lowest BCUT2D eigenvalue weighted by Gasteiger charge is -2.32. The molecule has 7 heteroatoms. The number of halogens is 1. The number of rotatable bonds is 5. The van der Waals surface area contributed by atoms with Crippen molar-refractivity contribution in [2.24, 2.45) is 5.92 Å². The summed E-state index contributed by atoms with van der Waals surface area (Å²) < 4.78 is 24.3. The van der Waals surface area contributed by atoms with E-state index in [1.807, 2.05) is 17.0 Å². The minimum atomic E-state index is -0.342. The summed E-state index contributed by atoms with van der Waals surface area (Å²) in [5.74, 6) is 0.731. The predicted molar refractivity (Wildman–Crippen MR) is 114 cm³/mol. The summed E-state index contributed by atoms with van der Waals surface area (Å²) in [4.78, 5) is 28.7. The fourth-order valence-electron chi connectivity index (χ4n) is 3.93. The maximum Gasteiger partial charge on any atom is 0.254 e. The molecule has 2 fully saturated rings. The van der Waals surface area contributed by atoms with Crippen LogP contribution in [-0.4, -0.2) is 67.6 Å². The average Bonchev–Trinajstić information content (AvgIpc) is 2.83. The van der Waals surface area contributed by atoms with Gasteiger partial charge in [-0.25, -0.2) is 4.39 Å². The monoisotopic (exact) mass is 426 g/mol. The van der Waals surface area contributed by atoms with Gasteiger partial charge < -0.3 is 19.3 Å². The lowest BCUT2D eigenvalue weighted by molar-refractivity contribution is 0.0303. The van der Waals surface area contributed by atoms with Gasteiger partial charge in [-0.05, 0) is 67.3 Å². The van der Waals surface area contributed by atoms with E-state index in [1.54, 1.807) is 17.0 Å². The molecule has 2 aromatic rings. The van der Waals surface area contributed by atoms with E-state index >= 15 is 0 Å². The van der Waals surface area contributed by atoms with Gasteiger partial charge in [-0.15, -0.1) is 0 Å². The molecule has 164 valence electrons. The molecule has 0 aromatic heterocycles. The zero-order valence-electron chi connectivity index (χ0n) is 17.5. The van der Waals surface area contributed by atoms with Crippen LogP contribution in [0.2, 0.25) is 0 Å². The van der Waals surface area contributed by atoms with E-state index in [1.165, 1.54) is 24.3 Å². The zero-order chi connectivity index (χ0) is 21.6. The van der Waals surface area contributed by atoms with E-state index < -0.39 is 0 Å². The van der Waals surface area contributed by atoms with Gasteiger partial charge in [0, 0.05) is 37.3 Å². The molecule has 2 aromatic carbocycles. The fraction of sp³-hybridized carbons (Fsp3) is 0.417. The summed E-state index contributed by atoms with van der Waals surface area (Å²) in [6.07, 6.45) is 1.72. The molecule has 2 saturated heterocycles. The Bertz CT molecular complexity index is 887. The molecule has 0 N–H and O–H groups in total. The van der Waals surface area contributed by atoms with Crippen molar-refractivity contribution in [3.8, 4) is 5.75 Å². The van der Waals surface area contributed by atoms with Gasteiger partial charge in [0.25, 0.3) is 11.8 Å². The van der Waals surface area contributed by atoms with Gasteiger partial charge in [0.1, 0.15) is 11.6 Å². The van der Waals surface area contributed by atoms with Crippen molar-refractivity contribution in [1.82, 2.24) is 9.80 Å². The van der Waals surface area contributed by atoms with Crippen molar-refractivity contribution < 1.29 is 23.5 Å². The Kier molecular flexibility index (Phi) is 6.82. The van der Waals surface area contributed by atoms with Crippen LogP contribution < -0.4 is 4.74 Å². The van der Waals surface area contributed by atoms with E-state index in [4.69, 9.17) is 9.47 Å². The number of benzene rings is 2. The second-order valence-electron chi connectivity index (χ2n) is 7.98. The number of piperidine rings is 1. The van der Waals surface area contributed by atoms with Gasteiger partial charge in [0.05, 0.1) is 19.8 Å². The Balaban J connectivity index is 1.23. The van der Waals surface area contributed by atoms with Crippen LogP contribution in [0.3, 0.4) is 0 Å². The number of hydrogen-bond donors (Lipinski definition) is 0. The van der Waals surface area contributed by atoms with E-state index in [0.29, 0.717) is 63.0 Å². The van der Waals surface area contributed by atoms with Gasteiger partial charge >= 0.3 is 0 Å². The van der Waals surface area contributed by atoms with Gasteiger partial charge in [0.2, 0.25) is 0 Å². The number of nitrogens with zero attached hydrogens (tertiary/aromatic N) is 2. The third kappa shape index (κ3) is 5.41. The molecule has 2 aliphatic heterocycles. The highest BCUT2D eigenvalue weighted by atomic mass is 19.1.